The summed E-state index contributed by atoms with van der Waals surface area (Å²) in [7, 11) is 1.49. The van der Waals surface area contributed by atoms with Crippen LogP contribution in [0.15, 0.2) is 18.2 Å². The third-order valence-corrected chi connectivity index (χ3v) is 3.37. The Morgan fingerprint density at radius 3 is 2.95 bits per heavy atom. The second-order valence-electron chi connectivity index (χ2n) is 4.33. The van der Waals surface area contributed by atoms with Crippen molar-refractivity contribution in [3.63, 3.8) is 0 Å². The summed E-state index contributed by atoms with van der Waals surface area (Å²) in [6.07, 6.45) is -0.736. The number of benzene rings is 1. The molecule has 1 aromatic rings. The van der Waals surface area contributed by atoms with Gasteiger partial charge in [0.15, 0.2) is 11.9 Å². The van der Waals surface area contributed by atoms with Crippen molar-refractivity contribution in [3.8, 4) is 0 Å². The first-order valence-electron chi connectivity index (χ1n) is 6.11. The normalized spacial score (nSPS) is 18.8. The molecule has 0 bridgehead atoms. The summed E-state index contributed by atoms with van der Waals surface area (Å²) in [4.78, 5) is 25.2. The number of hydrogen-bond acceptors (Lipinski definition) is 3. The van der Waals surface area contributed by atoms with Crippen LogP contribution in [0.2, 0.25) is 5.02 Å². The van der Waals surface area contributed by atoms with Gasteiger partial charge in [0, 0.05) is 13.6 Å². The number of nitrogens with zero attached hydrogens (tertiary/aromatic N) is 1. The number of carbonyl (C=O) groups excluding carboxylic acids is 2. The maximum Gasteiger partial charge on any atom is 0.257 e. The largest absolute Gasteiger partial charge is 0.365 e. The van der Waals surface area contributed by atoms with Gasteiger partial charge in [-0.3, -0.25) is 9.59 Å². The highest BCUT2D eigenvalue weighted by Crippen LogP contribution is 2.20. The second kappa shape index (κ2) is 6.19. The first kappa shape index (κ1) is 14.7. The van der Waals surface area contributed by atoms with Crippen LogP contribution in [-0.4, -0.2) is 49.6 Å². The summed E-state index contributed by atoms with van der Waals surface area (Å²) in [5.74, 6) is -1.56. The van der Waals surface area contributed by atoms with Gasteiger partial charge in [-0.25, -0.2) is 4.39 Å². The number of carbonyl (C=O) groups is 2. The van der Waals surface area contributed by atoms with Crippen molar-refractivity contribution in [1.29, 1.82) is 0 Å². The molecule has 0 unspecified atom stereocenters. The van der Waals surface area contributed by atoms with Crippen molar-refractivity contribution in [3.05, 3.63) is 34.6 Å². The Balaban J connectivity index is 2.16. The van der Waals surface area contributed by atoms with E-state index in [4.69, 9.17) is 16.3 Å². The molecule has 1 aliphatic rings. The molecule has 0 aliphatic carbocycles. The molecular weight excluding hydrogens is 287 g/mol. The van der Waals surface area contributed by atoms with Gasteiger partial charge >= 0.3 is 0 Å². The minimum Gasteiger partial charge on any atom is -0.365 e. The van der Waals surface area contributed by atoms with Crippen molar-refractivity contribution in [2.24, 2.45) is 0 Å². The van der Waals surface area contributed by atoms with Crippen LogP contribution in [0.5, 0.6) is 0 Å². The highest BCUT2D eigenvalue weighted by atomic mass is 35.5. The molecule has 1 aromatic carbocycles. The van der Waals surface area contributed by atoms with Crippen LogP contribution >= 0.6 is 11.6 Å². The highest BCUT2D eigenvalue weighted by molar-refractivity contribution is 6.31. The van der Waals surface area contributed by atoms with Crippen LogP contribution in [0.4, 0.5) is 4.39 Å². The van der Waals surface area contributed by atoms with Crippen LogP contribution in [0.3, 0.4) is 0 Å². The van der Waals surface area contributed by atoms with Gasteiger partial charge in [-0.1, -0.05) is 17.7 Å². The van der Waals surface area contributed by atoms with Gasteiger partial charge in [-0.2, -0.15) is 0 Å². The van der Waals surface area contributed by atoms with E-state index < -0.39 is 17.8 Å². The molecule has 0 radical (unpaired) electrons. The van der Waals surface area contributed by atoms with E-state index in [9.17, 15) is 14.0 Å². The van der Waals surface area contributed by atoms with E-state index in [1.807, 2.05) is 0 Å². The van der Waals surface area contributed by atoms with E-state index in [0.717, 1.165) is 0 Å². The molecule has 1 fully saturated rings. The molecule has 0 aromatic heterocycles. The van der Waals surface area contributed by atoms with Gasteiger partial charge in [0.25, 0.3) is 11.8 Å². The third-order valence-electron chi connectivity index (χ3n) is 3.07. The average Bonchev–Trinajstić information content (AvgIpc) is 2.48. The van der Waals surface area contributed by atoms with E-state index in [1.165, 1.54) is 30.1 Å². The minimum absolute atomic E-state index is 0.0878. The summed E-state index contributed by atoms with van der Waals surface area (Å²) in [6, 6.07) is 4.25. The summed E-state index contributed by atoms with van der Waals surface area (Å²) >= 11 is 5.66. The van der Waals surface area contributed by atoms with Crippen LogP contribution in [0, 0.1) is 5.82 Å². The number of rotatable bonds is 2. The molecule has 5 nitrogen and oxygen atoms in total. The lowest BCUT2D eigenvalue weighted by Gasteiger charge is -2.32. The number of likely N-dealkylation sites (N-methyl/N-ethyl adjacent to an activating group) is 1. The molecular formula is C13H14ClFN2O3. The predicted octanol–water partition coefficient (Wildman–Crippen LogP) is 1.07. The molecule has 1 N–H and O–H groups in total. The van der Waals surface area contributed by atoms with Crippen LogP contribution in [0.1, 0.15) is 10.4 Å². The van der Waals surface area contributed by atoms with Gasteiger partial charge < -0.3 is 15.0 Å². The molecule has 0 saturated carbocycles. The number of amides is 2. The average molecular weight is 301 g/mol. The fourth-order valence-electron chi connectivity index (χ4n) is 1.99. The van der Waals surface area contributed by atoms with E-state index in [-0.39, 0.29) is 29.6 Å². The van der Waals surface area contributed by atoms with Crippen LogP contribution < -0.4 is 5.32 Å². The summed E-state index contributed by atoms with van der Waals surface area (Å²) in [5, 5.41) is 2.35. The Kier molecular flexibility index (Phi) is 4.57. The van der Waals surface area contributed by atoms with Gasteiger partial charge in [-0.15, -0.1) is 0 Å². The quantitative estimate of drug-likeness (QED) is 0.889. The molecule has 1 heterocycles. The number of nitrogens with one attached hydrogen (secondary N) is 1. The number of hydrogen-bond donors (Lipinski definition) is 1. The Hall–Kier alpha value is -1.66. The number of morpholine rings is 1. The highest BCUT2D eigenvalue weighted by Gasteiger charge is 2.30. The first-order valence-corrected chi connectivity index (χ1v) is 6.49. The van der Waals surface area contributed by atoms with Crippen molar-refractivity contribution in [2.75, 3.05) is 26.7 Å². The monoisotopic (exact) mass is 300 g/mol. The molecule has 2 amide bonds. The van der Waals surface area contributed by atoms with E-state index in [1.54, 1.807) is 0 Å². The molecule has 2 rings (SSSR count). The minimum atomic E-state index is -0.748. The molecule has 0 spiro atoms. The summed E-state index contributed by atoms with van der Waals surface area (Å²) < 4.78 is 19.1. The smallest absolute Gasteiger partial charge is 0.257 e. The molecule has 1 atom stereocenters. The third kappa shape index (κ3) is 2.91. The molecule has 20 heavy (non-hydrogen) atoms. The van der Waals surface area contributed by atoms with Crippen molar-refractivity contribution < 1.29 is 18.7 Å². The number of ether oxygens (including phenoxy) is 1. The zero-order chi connectivity index (χ0) is 14.7. The zero-order valence-electron chi connectivity index (χ0n) is 10.9. The Bertz CT molecular complexity index is 538. The predicted molar refractivity (Wildman–Crippen MR) is 71.1 cm³/mol. The Morgan fingerprint density at radius 1 is 1.50 bits per heavy atom. The SMILES string of the molecule is CNC(=O)[C@H]1CN(C(=O)c2cccc(Cl)c2F)CCO1. The lowest BCUT2D eigenvalue weighted by Crippen LogP contribution is -2.51. The zero-order valence-corrected chi connectivity index (χ0v) is 11.6. The maximum absolute atomic E-state index is 13.8. The van der Waals surface area contributed by atoms with Gasteiger partial charge in [0.05, 0.1) is 23.7 Å². The maximum atomic E-state index is 13.8. The fourth-order valence-corrected chi connectivity index (χ4v) is 2.17. The summed E-state index contributed by atoms with van der Waals surface area (Å²) in [5.41, 5.74) is -0.102. The standard InChI is InChI=1S/C13H14ClFN2O3/c1-16-12(18)10-7-17(5-6-20-10)13(19)8-3-2-4-9(14)11(8)15/h2-4,10H,5-7H2,1H3,(H,16,18)/t10-/m1/s1. The second-order valence-corrected chi connectivity index (χ2v) is 4.73. The molecule has 7 heteroatoms. The summed E-state index contributed by atoms with van der Waals surface area (Å²) in [6.45, 7) is 0.620. The van der Waals surface area contributed by atoms with E-state index >= 15 is 0 Å². The fraction of sp³-hybridized carbons (Fsp3) is 0.385. The lowest BCUT2D eigenvalue weighted by molar-refractivity contribution is -0.136. The van der Waals surface area contributed by atoms with Crippen molar-refractivity contribution >= 4 is 23.4 Å². The van der Waals surface area contributed by atoms with Gasteiger partial charge in [0.2, 0.25) is 0 Å². The molecule has 1 saturated heterocycles. The van der Waals surface area contributed by atoms with Crippen molar-refractivity contribution in [2.45, 2.75) is 6.10 Å². The van der Waals surface area contributed by atoms with Crippen LogP contribution in [0.25, 0.3) is 0 Å². The van der Waals surface area contributed by atoms with Gasteiger partial charge in [-0.05, 0) is 12.1 Å². The van der Waals surface area contributed by atoms with E-state index in [2.05, 4.69) is 5.32 Å². The molecule has 1 aliphatic heterocycles. The van der Waals surface area contributed by atoms with Crippen LogP contribution in [-0.2, 0) is 9.53 Å². The number of halogens is 2. The van der Waals surface area contributed by atoms with E-state index in [0.29, 0.717) is 6.54 Å². The first-order chi connectivity index (χ1) is 9.54. The van der Waals surface area contributed by atoms with Crippen molar-refractivity contribution in [1.82, 2.24) is 10.2 Å². The van der Waals surface area contributed by atoms with Gasteiger partial charge in [0.1, 0.15) is 0 Å². The Labute approximate surface area is 120 Å². The molecule has 108 valence electrons. The lowest BCUT2D eigenvalue weighted by atomic mass is 10.1. The topological polar surface area (TPSA) is 58.6 Å². The Morgan fingerprint density at radius 2 is 2.25 bits per heavy atom.